The van der Waals surface area contributed by atoms with E-state index in [1.165, 1.54) is 38.5 Å². The Kier molecular flexibility index (Phi) is 4.41. The second-order valence-corrected chi connectivity index (χ2v) is 8.42. The smallest absolute Gasteiger partial charge is 0.225 e. The van der Waals surface area contributed by atoms with Crippen molar-refractivity contribution in [2.24, 2.45) is 11.8 Å². The van der Waals surface area contributed by atoms with Crippen LogP contribution in [-0.2, 0) is 11.3 Å². The summed E-state index contributed by atoms with van der Waals surface area (Å²) in [6, 6.07) is 1.06. The van der Waals surface area contributed by atoms with Gasteiger partial charge in [0.15, 0.2) is 5.13 Å². The normalized spacial score (nSPS) is 27.9. The van der Waals surface area contributed by atoms with E-state index in [-0.39, 0.29) is 5.91 Å². The molecule has 1 heterocycles. The number of hydrogen-bond donors (Lipinski definition) is 1. The van der Waals surface area contributed by atoms with E-state index in [0.29, 0.717) is 12.1 Å². The Morgan fingerprint density at radius 1 is 1.26 bits per heavy atom. The van der Waals surface area contributed by atoms with Gasteiger partial charge in [0, 0.05) is 30.9 Å². The zero-order chi connectivity index (χ0) is 15.8. The van der Waals surface area contributed by atoms with Crippen molar-refractivity contribution in [3.05, 3.63) is 11.1 Å². The first-order valence-corrected chi connectivity index (χ1v) is 10.1. The van der Waals surface area contributed by atoms with E-state index in [1.807, 2.05) is 4.90 Å². The number of rotatable bonds is 6. The maximum absolute atomic E-state index is 11.8. The third-order valence-electron chi connectivity index (χ3n) is 5.57. The van der Waals surface area contributed by atoms with Crippen molar-refractivity contribution in [3.8, 4) is 0 Å². The lowest BCUT2D eigenvalue weighted by Crippen LogP contribution is -2.34. The van der Waals surface area contributed by atoms with Gasteiger partial charge >= 0.3 is 0 Å². The van der Waals surface area contributed by atoms with E-state index >= 15 is 0 Å². The van der Waals surface area contributed by atoms with Crippen LogP contribution in [0.15, 0.2) is 5.38 Å². The van der Waals surface area contributed by atoms with Crippen LogP contribution in [0.4, 0.5) is 5.13 Å². The lowest BCUT2D eigenvalue weighted by atomic mass is 9.83. The van der Waals surface area contributed by atoms with E-state index in [1.54, 1.807) is 18.3 Å². The molecule has 0 unspecified atom stereocenters. The van der Waals surface area contributed by atoms with Gasteiger partial charge in [-0.2, -0.15) is 0 Å². The first kappa shape index (κ1) is 15.6. The molecular formula is C18H27N3OS. The minimum absolute atomic E-state index is 0.126. The minimum Gasteiger partial charge on any atom is -0.308 e. The molecule has 4 rings (SSSR count). The number of amides is 1. The molecule has 5 heteroatoms. The zero-order valence-electron chi connectivity index (χ0n) is 14.0. The Balaban J connectivity index is 1.31. The molecule has 1 amide bonds. The number of carbonyl (C=O) groups excluding carboxylic acids is 1. The van der Waals surface area contributed by atoms with Crippen molar-refractivity contribution in [1.82, 2.24) is 10.3 Å². The molecule has 126 valence electrons. The number of nitrogens with zero attached hydrogens (tertiary/aromatic N) is 2. The average molecular weight is 334 g/mol. The van der Waals surface area contributed by atoms with Gasteiger partial charge in [0.05, 0.1) is 5.69 Å². The van der Waals surface area contributed by atoms with Crippen LogP contribution in [0.2, 0.25) is 0 Å². The van der Waals surface area contributed by atoms with Crippen LogP contribution in [0.3, 0.4) is 0 Å². The molecule has 0 spiro atoms. The summed E-state index contributed by atoms with van der Waals surface area (Å²) in [4.78, 5) is 18.4. The summed E-state index contributed by atoms with van der Waals surface area (Å²) in [6.45, 7) is 2.49. The van der Waals surface area contributed by atoms with Crippen LogP contribution in [0, 0.1) is 11.8 Å². The molecule has 3 aliphatic rings. The van der Waals surface area contributed by atoms with Gasteiger partial charge < -0.3 is 5.32 Å². The number of carbonyl (C=O) groups is 1. The number of thiazole rings is 1. The van der Waals surface area contributed by atoms with Crippen LogP contribution in [-0.4, -0.2) is 23.0 Å². The molecule has 1 aromatic heterocycles. The van der Waals surface area contributed by atoms with Crippen molar-refractivity contribution in [2.75, 3.05) is 4.90 Å². The molecule has 3 aliphatic carbocycles. The predicted molar refractivity (Wildman–Crippen MR) is 93.6 cm³/mol. The second kappa shape index (κ2) is 6.52. The molecule has 0 bridgehead atoms. The van der Waals surface area contributed by atoms with Crippen molar-refractivity contribution >= 4 is 22.4 Å². The van der Waals surface area contributed by atoms with E-state index in [2.05, 4.69) is 10.7 Å². The van der Waals surface area contributed by atoms with Gasteiger partial charge in [0.25, 0.3) is 0 Å². The minimum atomic E-state index is 0.126. The van der Waals surface area contributed by atoms with Crippen molar-refractivity contribution in [3.63, 3.8) is 0 Å². The highest BCUT2D eigenvalue weighted by molar-refractivity contribution is 7.14. The molecule has 1 N–H and O–H groups in total. The Labute approximate surface area is 142 Å². The predicted octanol–water partition coefficient (Wildman–Crippen LogP) is 3.72. The van der Waals surface area contributed by atoms with Gasteiger partial charge in [-0.05, 0) is 50.4 Å². The molecule has 0 radical (unpaired) electrons. The molecule has 3 saturated carbocycles. The van der Waals surface area contributed by atoms with Gasteiger partial charge in [-0.1, -0.05) is 12.8 Å². The van der Waals surface area contributed by atoms with E-state index in [9.17, 15) is 4.79 Å². The molecule has 4 nitrogen and oxygen atoms in total. The molecule has 1 aromatic rings. The molecule has 3 fully saturated rings. The van der Waals surface area contributed by atoms with Gasteiger partial charge in [0.1, 0.15) is 0 Å². The number of nitrogens with one attached hydrogen (secondary N) is 1. The average Bonchev–Trinajstić information content (AvgIpc) is 3.44. The summed E-state index contributed by atoms with van der Waals surface area (Å²) in [7, 11) is 0. The summed E-state index contributed by atoms with van der Waals surface area (Å²) in [5, 5.41) is 6.72. The van der Waals surface area contributed by atoms with Crippen LogP contribution in [0.5, 0.6) is 0 Å². The second-order valence-electron chi connectivity index (χ2n) is 7.58. The summed E-state index contributed by atoms with van der Waals surface area (Å²) in [5.41, 5.74) is 1.09. The van der Waals surface area contributed by atoms with Gasteiger partial charge in [-0.15, -0.1) is 11.3 Å². The Hall–Kier alpha value is -0.940. The lowest BCUT2D eigenvalue weighted by Gasteiger charge is -2.29. The largest absolute Gasteiger partial charge is 0.308 e. The van der Waals surface area contributed by atoms with E-state index < -0.39 is 0 Å². The van der Waals surface area contributed by atoms with E-state index in [4.69, 9.17) is 4.98 Å². The number of hydrogen-bond acceptors (Lipinski definition) is 4. The fourth-order valence-corrected chi connectivity index (χ4v) is 4.97. The monoisotopic (exact) mass is 333 g/mol. The first-order valence-electron chi connectivity index (χ1n) is 9.18. The third-order valence-corrected chi connectivity index (χ3v) is 6.46. The first-order chi connectivity index (χ1) is 11.2. The maximum atomic E-state index is 11.8. The summed E-state index contributed by atoms with van der Waals surface area (Å²) < 4.78 is 0. The van der Waals surface area contributed by atoms with E-state index in [0.717, 1.165) is 42.0 Å². The highest BCUT2D eigenvalue weighted by Crippen LogP contribution is 2.44. The molecule has 0 aromatic carbocycles. The quantitative estimate of drug-likeness (QED) is 0.863. The fraction of sp³-hybridized carbons (Fsp3) is 0.778. The summed E-state index contributed by atoms with van der Waals surface area (Å²) >= 11 is 1.61. The topological polar surface area (TPSA) is 45.2 Å². The van der Waals surface area contributed by atoms with Crippen LogP contribution >= 0.6 is 11.3 Å². The number of aromatic nitrogens is 1. The van der Waals surface area contributed by atoms with Gasteiger partial charge in [-0.3, -0.25) is 9.69 Å². The zero-order valence-corrected chi connectivity index (χ0v) is 14.8. The molecule has 0 saturated heterocycles. The van der Waals surface area contributed by atoms with Gasteiger partial charge in [0.2, 0.25) is 5.91 Å². The van der Waals surface area contributed by atoms with Crippen molar-refractivity contribution in [2.45, 2.75) is 76.9 Å². The van der Waals surface area contributed by atoms with Crippen molar-refractivity contribution in [1.29, 1.82) is 0 Å². The highest BCUT2D eigenvalue weighted by Gasteiger charge is 2.35. The van der Waals surface area contributed by atoms with Crippen molar-refractivity contribution < 1.29 is 4.79 Å². The lowest BCUT2D eigenvalue weighted by molar-refractivity contribution is -0.116. The maximum Gasteiger partial charge on any atom is 0.225 e. The number of anilines is 1. The third kappa shape index (κ3) is 3.77. The Bertz CT molecular complexity index is 564. The molecule has 0 aliphatic heterocycles. The van der Waals surface area contributed by atoms with Crippen LogP contribution in [0.1, 0.15) is 64.0 Å². The van der Waals surface area contributed by atoms with Gasteiger partial charge in [-0.25, -0.2) is 4.98 Å². The highest BCUT2D eigenvalue weighted by atomic mass is 32.1. The van der Waals surface area contributed by atoms with Crippen LogP contribution in [0.25, 0.3) is 0 Å². The molecule has 23 heavy (non-hydrogen) atoms. The summed E-state index contributed by atoms with van der Waals surface area (Å²) in [6.07, 6.45) is 10.7. The van der Waals surface area contributed by atoms with Crippen LogP contribution < -0.4 is 10.2 Å². The summed E-state index contributed by atoms with van der Waals surface area (Å²) in [5.74, 6) is 2.13. The Morgan fingerprint density at radius 2 is 2.09 bits per heavy atom. The fourth-order valence-electron chi connectivity index (χ4n) is 4.03. The standard InChI is InChI=1S/C18H27N3OS/c1-12(22)21(17-7-8-17)18-20-16(11-23-18)10-19-15-4-2-3-14(9-15)13-5-6-13/h11,13-15,17,19H,2-10H2,1H3/t14-,15-/m1/s1. The Morgan fingerprint density at radius 3 is 2.78 bits per heavy atom. The SMILES string of the molecule is CC(=O)N(c1nc(CN[C@@H]2CCC[C@@H](C3CC3)C2)cs1)C1CC1. The molecule has 2 atom stereocenters. The molecular weight excluding hydrogens is 306 g/mol.